The van der Waals surface area contributed by atoms with Gasteiger partial charge in [-0.2, -0.15) is 0 Å². The fourth-order valence-corrected chi connectivity index (χ4v) is 2.87. The molecule has 3 rings (SSSR count). The first-order chi connectivity index (χ1) is 9.33. The first-order valence-corrected chi connectivity index (χ1v) is 7.02. The molecule has 0 aliphatic carbocycles. The summed E-state index contributed by atoms with van der Waals surface area (Å²) in [5.74, 6) is -0.0356. The van der Waals surface area contributed by atoms with Crippen LogP contribution in [0.4, 0.5) is 0 Å². The van der Waals surface area contributed by atoms with Crippen LogP contribution in [0.1, 0.15) is 16.1 Å². The molecule has 0 saturated carbocycles. The number of carbonyl (C=O) groups excluding carboxylic acids is 1. The molecule has 6 heteroatoms. The molecule has 98 valence electrons. The van der Waals surface area contributed by atoms with Gasteiger partial charge in [-0.25, -0.2) is 4.98 Å². The quantitative estimate of drug-likeness (QED) is 0.885. The van der Waals surface area contributed by atoms with Gasteiger partial charge < -0.3 is 10.6 Å². The molecule has 2 N–H and O–H groups in total. The number of rotatable bonds is 3. The predicted molar refractivity (Wildman–Crippen MR) is 74.1 cm³/mol. The maximum Gasteiger partial charge on any atom is 0.263 e. The van der Waals surface area contributed by atoms with E-state index in [1.165, 1.54) is 11.3 Å². The number of aromatic nitrogens is 2. The Morgan fingerprint density at radius 1 is 1.42 bits per heavy atom. The Bertz CT molecular complexity index is 563. The molecule has 5 nitrogen and oxygen atoms in total. The van der Waals surface area contributed by atoms with E-state index >= 15 is 0 Å². The van der Waals surface area contributed by atoms with Crippen molar-refractivity contribution in [3.63, 3.8) is 0 Å². The highest BCUT2D eigenvalue weighted by atomic mass is 32.1. The summed E-state index contributed by atoms with van der Waals surface area (Å²) in [5, 5.41) is 7.09. The Hall–Kier alpha value is -1.79. The van der Waals surface area contributed by atoms with Crippen molar-refractivity contribution in [2.75, 3.05) is 13.1 Å². The molecule has 1 unspecified atom stereocenters. The average Bonchev–Trinajstić information content (AvgIpc) is 3.10. The van der Waals surface area contributed by atoms with E-state index < -0.39 is 0 Å². The van der Waals surface area contributed by atoms with Crippen molar-refractivity contribution in [3.05, 3.63) is 35.6 Å². The Labute approximate surface area is 115 Å². The van der Waals surface area contributed by atoms with E-state index in [-0.39, 0.29) is 11.9 Å². The summed E-state index contributed by atoms with van der Waals surface area (Å²) in [6.07, 6.45) is 6.07. The van der Waals surface area contributed by atoms with Crippen LogP contribution in [0.2, 0.25) is 0 Å². The number of nitrogens with one attached hydrogen (secondary N) is 2. The highest BCUT2D eigenvalue weighted by Gasteiger charge is 2.19. The van der Waals surface area contributed by atoms with E-state index in [2.05, 4.69) is 20.6 Å². The molecule has 1 amide bonds. The van der Waals surface area contributed by atoms with Gasteiger partial charge in [0, 0.05) is 30.5 Å². The third kappa shape index (κ3) is 2.80. The SMILES string of the molecule is O=C(NC1CCNC1)c1cnc(-c2ccncc2)s1. The average molecular weight is 274 g/mol. The van der Waals surface area contributed by atoms with Crippen LogP contribution < -0.4 is 10.6 Å². The zero-order valence-corrected chi connectivity index (χ0v) is 11.1. The van der Waals surface area contributed by atoms with Crippen molar-refractivity contribution in [3.8, 4) is 10.6 Å². The Balaban J connectivity index is 1.72. The molecule has 1 saturated heterocycles. The zero-order valence-electron chi connectivity index (χ0n) is 10.3. The van der Waals surface area contributed by atoms with Gasteiger partial charge in [-0.3, -0.25) is 9.78 Å². The molecular weight excluding hydrogens is 260 g/mol. The van der Waals surface area contributed by atoms with Gasteiger partial charge in [0.1, 0.15) is 9.88 Å². The number of thiazole rings is 1. The van der Waals surface area contributed by atoms with E-state index in [0.717, 1.165) is 30.1 Å². The molecule has 0 aromatic carbocycles. The molecule has 3 heterocycles. The Morgan fingerprint density at radius 2 is 2.26 bits per heavy atom. The number of hydrogen-bond acceptors (Lipinski definition) is 5. The lowest BCUT2D eigenvalue weighted by atomic mass is 10.2. The highest BCUT2D eigenvalue weighted by molar-refractivity contribution is 7.16. The maximum atomic E-state index is 12.1. The summed E-state index contributed by atoms with van der Waals surface area (Å²) in [4.78, 5) is 21.0. The van der Waals surface area contributed by atoms with Crippen LogP contribution in [0.5, 0.6) is 0 Å². The number of nitrogens with zero attached hydrogens (tertiary/aromatic N) is 2. The molecule has 19 heavy (non-hydrogen) atoms. The fraction of sp³-hybridized carbons (Fsp3) is 0.308. The van der Waals surface area contributed by atoms with Crippen molar-refractivity contribution < 1.29 is 4.79 Å². The minimum absolute atomic E-state index is 0.0356. The van der Waals surface area contributed by atoms with Crippen LogP contribution >= 0.6 is 11.3 Å². The molecule has 0 bridgehead atoms. The topological polar surface area (TPSA) is 66.9 Å². The molecule has 1 atom stereocenters. The fourth-order valence-electron chi connectivity index (χ4n) is 2.04. The second kappa shape index (κ2) is 5.46. The molecule has 2 aromatic heterocycles. The third-order valence-electron chi connectivity index (χ3n) is 3.05. The summed E-state index contributed by atoms with van der Waals surface area (Å²) in [5.41, 5.74) is 0.988. The van der Waals surface area contributed by atoms with Crippen LogP contribution in [0.3, 0.4) is 0 Å². The van der Waals surface area contributed by atoms with Gasteiger partial charge in [-0.05, 0) is 25.1 Å². The second-order valence-electron chi connectivity index (χ2n) is 4.43. The molecule has 1 aliphatic heterocycles. The normalized spacial score (nSPS) is 18.4. The summed E-state index contributed by atoms with van der Waals surface area (Å²) in [7, 11) is 0. The largest absolute Gasteiger partial charge is 0.347 e. The molecule has 1 aliphatic rings. The number of hydrogen-bond donors (Lipinski definition) is 2. The van der Waals surface area contributed by atoms with E-state index in [0.29, 0.717) is 4.88 Å². The van der Waals surface area contributed by atoms with Crippen LogP contribution in [0, 0.1) is 0 Å². The summed E-state index contributed by atoms with van der Waals surface area (Å²) >= 11 is 1.41. The lowest BCUT2D eigenvalue weighted by molar-refractivity contribution is 0.0944. The number of pyridine rings is 1. The zero-order chi connectivity index (χ0) is 13.1. The predicted octanol–water partition coefficient (Wildman–Crippen LogP) is 1.30. The molecule has 0 spiro atoms. The maximum absolute atomic E-state index is 12.1. The van der Waals surface area contributed by atoms with Crippen molar-refractivity contribution in [2.24, 2.45) is 0 Å². The van der Waals surface area contributed by atoms with Crippen LogP contribution in [0.15, 0.2) is 30.7 Å². The van der Waals surface area contributed by atoms with Gasteiger partial charge in [0.05, 0.1) is 6.20 Å². The van der Waals surface area contributed by atoms with E-state index in [1.54, 1.807) is 18.6 Å². The standard InChI is InChI=1S/C13H14N4OS/c18-12(17-10-3-6-15-7-10)11-8-16-13(19-11)9-1-4-14-5-2-9/h1-2,4-5,8,10,15H,3,6-7H2,(H,17,18). The molecular formula is C13H14N4OS. The summed E-state index contributed by atoms with van der Waals surface area (Å²) in [6, 6.07) is 4.02. The van der Waals surface area contributed by atoms with Gasteiger partial charge in [-0.15, -0.1) is 11.3 Å². The summed E-state index contributed by atoms with van der Waals surface area (Å²) in [6.45, 7) is 1.82. The van der Waals surface area contributed by atoms with E-state index in [9.17, 15) is 4.79 Å². The smallest absolute Gasteiger partial charge is 0.263 e. The molecule has 0 radical (unpaired) electrons. The number of carbonyl (C=O) groups is 1. The van der Waals surface area contributed by atoms with Crippen molar-refractivity contribution in [1.29, 1.82) is 0 Å². The first kappa shape index (κ1) is 12.3. The molecule has 2 aromatic rings. The van der Waals surface area contributed by atoms with Gasteiger partial charge in [0.2, 0.25) is 0 Å². The first-order valence-electron chi connectivity index (χ1n) is 6.21. The number of amides is 1. The monoisotopic (exact) mass is 274 g/mol. The van der Waals surface area contributed by atoms with Gasteiger partial charge in [0.25, 0.3) is 5.91 Å². The minimum Gasteiger partial charge on any atom is -0.347 e. The second-order valence-corrected chi connectivity index (χ2v) is 5.46. The van der Waals surface area contributed by atoms with E-state index in [4.69, 9.17) is 0 Å². The third-order valence-corrected chi connectivity index (χ3v) is 4.10. The van der Waals surface area contributed by atoms with Gasteiger partial charge in [-0.1, -0.05) is 0 Å². The molecule has 1 fully saturated rings. The van der Waals surface area contributed by atoms with Crippen LogP contribution in [-0.4, -0.2) is 35.0 Å². The Morgan fingerprint density at radius 3 is 3.00 bits per heavy atom. The van der Waals surface area contributed by atoms with Crippen molar-refractivity contribution >= 4 is 17.2 Å². The highest BCUT2D eigenvalue weighted by Crippen LogP contribution is 2.24. The lowest BCUT2D eigenvalue weighted by Gasteiger charge is -2.09. The van der Waals surface area contributed by atoms with Crippen LogP contribution in [-0.2, 0) is 0 Å². The Kier molecular flexibility index (Phi) is 3.52. The van der Waals surface area contributed by atoms with Crippen molar-refractivity contribution in [1.82, 2.24) is 20.6 Å². The summed E-state index contributed by atoms with van der Waals surface area (Å²) < 4.78 is 0. The van der Waals surface area contributed by atoms with Crippen LogP contribution in [0.25, 0.3) is 10.6 Å². The minimum atomic E-state index is -0.0356. The lowest BCUT2D eigenvalue weighted by Crippen LogP contribution is -2.35. The van der Waals surface area contributed by atoms with E-state index in [1.807, 2.05) is 12.1 Å². The van der Waals surface area contributed by atoms with Gasteiger partial charge in [0.15, 0.2) is 0 Å². The van der Waals surface area contributed by atoms with Gasteiger partial charge >= 0.3 is 0 Å². The van der Waals surface area contributed by atoms with Crippen molar-refractivity contribution in [2.45, 2.75) is 12.5 Å².